The zero-order chi connectivity index (χ0) is 29.1. The van der Waals surface area contributed by atoms with Crippen LogP contribution in [0.3, 0.4) is 0 Å². The summed E-state index contributed by atoms with van der Waals surface area (Å²) in [4.78, 5) is 18.4. The van der Waals surface area contributed by atoms with Crippen LogP contribution in [0.1, 0.15) is 50.1 Å². The van der Waals surface area contributed by atoms with Gasteiger partial charge in [-0.3, -0.25) is 4.79 Å². The van der Waals surface area contributed by atoms with Crippen molar-refractivity contribution in [3.8, 4) is 11.5 Å². The number of rotatable bonds is 9. The number of fused-ring (bicyclic) bond motifs is 2. The third-order valence-corrected chi connectivity index (χ3v) is 9.54. The molecule has 4 aromatic carbocycles. The summed E-state index contributed by atoms with van der Waals surface area (Å²) in [5, 5.41) is 7.44. The van der Waals surface area contributed by atoms with E-state index < -0.39 is 0 Å². The summed E-state index contributed by atoms with van der Waals surface area (Å²) in [5.74, 6) is 1.79. The highest BCUT2D eigenvalue weighted by molar-refractivity contribution is 9.13. The Morgan fingerprint density at radius 1 is 0.951 bits per heavy atom. The summed E-state index contributed by atoms with van der Waals surface area (Å²) in [7, 11) is 0. The van der Waals surface area contributed by atoms with E-state index in [4.69, 9.17) is 14.5 Å². The molecule has 5 rings (SSSR count). The SMILES string of the molecule is CCOc1cc(C=Nn2c([C@@H](C)CC)nc3ccc(Br)cc3c2=O)c(Br)c(Br)c1OCc1cccc2ccccc12. The van der Waals surface area contributed by atoms with Gasteiger partial charge in [-0.2, -0.15) is 9.78 Å². The summed E-state index contributed by atoms with van der Waals surface area (Å²) < 4.78 is 16.0. The first-order chi connectivity index (χ1) is 19.8. The van der Waals surface area contributed by atoms with Gasteiger partial charge in [-0.1, -0.05) is 72.2 Å². The highest BCUT2D eigenvalue weighted by atomic mass is 79.9. The van der Waals surface area contributed by atoms with Crippen LogP contribution in [0.5, 0.6) is 11.5 Å². The van der Waals surface area contributed by atoms with E-state index in [9.17, 15) is 4.79 Å². The van der Waals surface area contributed by atoms with Gasteiger partial charge < -0.3 is 9.47 Å². The second kappa shape index (κ2) is 12.9. The lowest BCUT2D eigenvalue weighted by Gasteiger charge is -2.17. The molecule has 0 saturated heterocycles. The van der Waals surface area contributed by atoms with E-state index in [0.717, 1.165) is 31.7 Å². The van der Waals surface area contributed by atoms with E-state index >= 15 is 0 Å². The Morgan fingerprint density at radius 3 is 2.51 bits per heavy atom. The lowest BCUT2D eigenvalue weighted by atomic mass is 10.1. The Kier molecular flexibility index (Phi) is 9.26. The summed E-state index contributed by atoms with van der Waals surface area (Å²) in [6, 6.07) is 21.8. The molecular weight excluding hydrogens is 714 g/mol. The van der Waals surface area contributed by atoms with Crippen molar-refractivity contribution in [3.63, 3.8) is 0 Å². The lowest BCUT2D eigenvalue weighted by Crippen LogP contribution is -2.23. The second-order valence-corrected chi connectivity index (χ2v) is 12.1. The summed E-state index contributed by atoms with van der Waals surface area (Å²) in [6.45, 7) is 6.85. The predicted molar refractivity (Wildman–Crippen MR) is 177 cm³/mol. The van der Waals surface area contributed by atoms with Gasteiger partial charge in [0.2, 0.25) is 0 Å². The number of hydrogen-bond acceptors (Lipinski definition) is 5. The molecule has 1 aromatic heterocycles. The van der Waals surface area contributed by atoms with Crippen LogP contribution in [-0.2, 0) is 6.61 Å². The number of ether oxygens (including phenoxy) is 2. The zero-order valence-electron chi connectivity index (χ0n) is 22.8. The molecule has 0 aliphatic rings. The summed E-state index contributed by atoms with van der Waals surface area (Å²) in [5.41, 5.74) is 2.22. The van der Waals surface area contributed by atoms with Crippen LogP contribution in [0.25, 0.3) is 21.7 Å². The zero-order valence-corrected chi connectivity index (χ0v) is 27.6. The van der Waals surface area contributed by atoms with Gasteiger partial charge in [-0.15, -0.1) is 0 Å². The van der Waals surface area contributed by atoms with Crippen LogP contribution in [0, 0.1) is 0 Å². The van der Waals surface area contributed by atoms with Crippen molar-refractivity contribution in [2.75, 3.05) is 6.61 Å². The molecule has 0 spiro atoms. The minimum atomic E-state index is -0.224. The van der Waals surface area contributed by atoms with Crippen LogP contribution < -0.4 is 15.0 Å². The number of nitrogens with zero attached hydrogens (tertiary/aromatic N) is 3. The molecule has 41 heavy (non-hydrogen) atoms. The maximum absolute atomic E-state index is 13.6. The third-order valence-electron chi connectivity index (χ3n) is 6.91. The Morgan fingerprint density at radius 2 is 1.73 bits per heavy atom. The molecule has 0 amide bonds. The quantitative estimate of drug-likeness (QED) is 0.141. The summed E-state index contributed by atoms with van der Waals surface area (Å²) in [6.07, 6.45) is 2.46. The Bertz CT molecular complexity index is 1830. The molecule has 5 aromatic rings. The first kappa shape index (κ1) is 29.5. The predicted octanol–water partition coefficient (Wildman–Crippen LogP) is 9.21. The van der Waals surface area contributed by atoms with Crippen LogP contribution in [0.2, 0.25) is 0 Å². The molecule has 1 atom stereocenters. The van der Waals surface area contributed by atoms with Crippen LogP contribution in [0.15, 0.2) is 90.0 Å². The average molecular weight is 742 g/mol. The van der Waals surface area contributed by atoms with Crippen molar-refractivity contribution in [1.82, 2.24) is 9.66 Å². The fourth-order valence-electron chi connectivity index (χ4n) is 4.56. The highest BCUT2D eigenvalue weighted by Gasteiger charge is 2.19. The average Bonchev–Trinajstić information content (AvgIpc) is 2.98. The Balaban J connectivity index is 1.54. The van der Waals surface area contributed by atoms with E-state index in [0.29, 0.717) is 51.5 Å². The minimum Gasteiger partial charge on any atom is -0.490 e. The smallest absolute Gasteiger partial charge is 0.282 e. The van der Waals surface area contributed by atoms with E-state index in [-0.39, 0.29) is 11.5 Å². The van der Waals surface area contributed by atoms with Crippen molar-refractivity contribution in [2.24, 2.45) is 5.10 Å². The molecule has 0 aliphatic heterocycles. The van der Waals surface area contributed by atoms with Gasteiger partial charge in [-0.05, 0) is 85.8 Å². The third kappa shape index (κ3) is 6.12. The van der Waals surface area contributed by atoms with E-state index in [1.165, 1.54) is 4.68 Å². The van der Waals surface area contributed by atoms with Gasteiger partial charge in [0, 0.05) is 20.4 Å². The molecule has 0 fully saturated rings. The molecule has 1 heterocycles. The van der Waals surface area contributed by atoms with E-state index in [1.54, 1.807) is 12.3 Å². The van der Waals surface area contributed by atoms with Gasteiger partial charge in [0.15, 0.2) is 11.5 Å². The fourth-order valence-corrected chi connectivity index (χ4v) is 5.86. The first-order valence-electron chi connectivity index (χ1n) is 13.3. The maximum atomic E-state index is 13.6. The molecule has 0 unspecified atom stereocenters. The van der Waals surface area contributed by atoms with Gasteiger partial charge in [0.05, 0.1) is 28.2 Å². The number of benzene rings is 4. The number of aromatic nitrogens is 2. The normalized spacial score (nSPS) is 12.3. The molecule has 0 radical (unpaired) electrons. The second-order valence-electron chi connectivity index (χ2n) is 9.58. The van der Waals surface area contributed by atoms with Gasteiger partial charge in [0.25, 0.3) is 5.56 Å². The molecule has 0 saturated carbocycles. The van der Waals surface area contributed by atoms with Crippen molar-refractivity contribution < 1.29 is 9.47 Å². The molecule has 0 aliphatic carbocycles. The van der Waals surface area contributed by atoms with Gasteiger partial charge in [0.1, 0.15) is 12.4 Å². The number of hydrogen-bond donors (Lipinski definition) is 0. The molecule has 210 valence electrons. The fraction of sp³-hybridized carbons (Fsp3) is 0.219. The molecular formula is C32H28Br3N3O3. The monoisotopic (exact) mass is 739 g/mol. The van der Waals surface area contributed by atoms with Gasteiger partial charge in [-0.25, -0.2) is 4.98 Å². The maximum Gasteiger partial charge on any atom is 0.282 e. The van der Waals surface area contributed by atoms with Crippen molar-refractivity contribution in [3.05, 3.63) is 107 Å². The first-order valence-corrected chi connectivity index (χ1v) is 15.7. The molecule has 0 N–H and O–H groups in total. The van der Waals surface area contributed by atoms with E-state index in [1.807, 2.05) is 50.2 Å². The van der Waals surface area contributed by atoms with Gasteiger partial charge >= 0.3 is 0 Å². The highest BCUT2D eigenvalue weighted by Crippen LogP contribution is 2.43. The van der Waals surface area contributed by atoms with Crippen molar-refractivity contribution in [1.29, 1.82) is 0 Å². The molecule has 0 bridgehead atoms. The van der Waals surface area contributed by atoms with E-state index in [2.05, 4.69) is 84.1 Å². The van der Waals surface area contributed by atoms with Crippen LogP contribution in [0.4, 0.5) is 0 Å². The standard InChI is InChI=1S/C32H28Br3N3O3/c1-4-19(3)31-37-26-14-13-23(33)16-25(26)32(39)38(31)36-17-22-15-27(40-5-2)30(29(35)28(22)34)41-18-21-11-8-10-20-9-6-7-12-24(20)21/h6-17,19H,4-5,18H2,1-3H3/t19-/m0/s1. The largest absolute Gasteiger partial charge is 0.490 e. The topological polar surface area (TPSA) is 65.7 Å². The van der Waals surface area contributed by atoms with Crippen LogP contribution in [-0.4, -0.2) is 22.5 Å². The Labute approximate surface area is 263 Å². The van der Waals surface area contributed by atoms with Crippen molar-refractivity contribution >= 4 is 75.7 Å². The number of halogens is 3. The van der Waals surface area contributed by atoms with Crippen molar-refractivity contribution in [2.45, 2.75) is 39.7 Å². The summed E-state index contributed by atoms with van der Waals surface area (Å²) >= 11 is 10.9. The lowest BCUT2D eigenvalue weighted by molar-refractivity contribution is 0.268. The molecule has 9 heteroatoms. The molecule has 6 nitrogen and oxygen atoms in total. The minimum absolute atomic E-state index is 0.0342. The van der Waals surface area contributed by atoms with Crippen LogP contribution >= 0.6 is 47.8 Å². The Hall–Kier alpha value is -3.01.